The van der Waals surface area contributed by atoms with Crippen LogP contribution in [-0.4, -0.2) is 30.6 Å². The van der Waals surface area contributed by atoms with Gasteiger partial charge in [0.15, 0.2) is 11.6 Å². The van der Waals surface area contributed by atoms with Crippen LogP contribution < -0.4 is 0 Å². The van der Waals surface area contributed by atoms with E-state index in [1.165, 1.54) is 11.6 Å². The molecule has 72 valence electrons. The van der Waals surface area contributed by atoms with E-state index in [0.717, 1.165) is 0 Å². The van der Waals surface area contributed by atoms with Crippen LogP contribution in [0.2, 0.25) is 0 Å². The molecule has 2 heterocycles. The molecule has 6 heteroatoms. The predicted molar refractivity (Wildman–Crippen MR) is 48.1 cm³/mol. The molecule has 0 fully saturated rings. The smallest absolute Gasteiger partial charge is 0.181 e. The van der Waals surface area contributed by atoms with Gasteiger partial charge in [0.2, 0.25) is 0 Å². The third-order valence-corrected chi connectivity index (χ3v) is 1.79. The summed E-state index contributed by atoms with van der Waals surface area (Å²) >= 11 is 0. The molecule has 14 heavy (non-hydrogen) atoms. The van der Waals surface area contributed by atoms with Gasteiger partial charge in [-0.25, -0.2) is 0 Å². The van der Waals surface area contributed by atoms with Crippen molar-refractivity contribution < 1.29 is 4.79 Å². The largest absolute Gasteiger partial charge is 0.293 e. The number of Topliss-reactive ketones (excluding diaryl/α,β-unsaturated/α-hetero) is 1. The second-order valence-electron chi connectivity index (χ2n) is 2.95. The summed E-state index contributed by atoms with van der Waals surface area (Å²) < 4.78 is 3.13. The molecule has 0 aliphatic carbocycles. The number of aromatic nitrogens is 5. The van der Waals surface area contributed by atoms with Gasteiger partial charge in [-0.3, -0.25) is 9.48 Å². The molecule has 0 spiro atoms. The first kappa shape index (κ1) is 8.61. The maximum absolute atomic E-state index is 11.0. The number of nitrogens with zero attached hydrogens (tertiary/aromatic N) is 5. The lowest BCUT2D eigenvalue weighted by atomic mass is 10.3. The summed E-state index contributed by atoms with van der Waals surface area (Å²) in [6.45, 7) is 1.45. The van der Waals surface area contributed by atoms with E-state index in [1.54, 1.807) is 23.1 Å². The molecule has 0 aliphatic rings. The number of carbonyl (C=O) groups is 1. The molecule has 0 amide bonds. The van der Waals surface area contributed by atoms with E-state index in [0.29, 0.717) is 11.5 Å². The molecule has 0 unspecified atom stereocenters. The zero-order valence-corrected chi connectivity index (χ0v) is 7.88. The Morgan fingerprint density at radius 2 is 2.29 bits per heavy atom. The quantitative estimate of drug-likeness (QED) is 0.636. The lowest BCUT2D eigenvalue weighted by Crippen LogP contribution is -1.97. The Labute approximate surface area is 80.1 Å². The molecule has 2 aromatic rings. The molecule has 0 N–H and O–H groups in total. The number of hydrogen-bond acceptors (Lipinski definition) is 4. The van der Waals surface area contributed by atoms with Crippen molar-refractivity contribution in [3.05, 3.63) is 24.2 Å². The average Bonchev–Trinajstić information content (AvgIpc) is 2.70. The van der Waals surface area contributed by atoms with Gasteiger partial charge in [0.1, 0.15) is 5.69 Å². The van der Waals surface area contributed by atoms with Gasteiger partial charge in [-0.2, -0.15) is 9.78 Å². The average molecular weight is 191 g/mol. The fourth-order valence-electron chi connectivity index (χ4n) is 1.06. The third-order valence-electron chi connectivity index (χ3n) is 1.79. The van der Waals surface area contributed by atoms with Crippen molar-refractivity contribution in [1.82, 2.24) is 24.8 Å². The van der Waals surface area contributed by atoms with Crippen LogP contribution >= 0.6 is 0 Å². The first-order valence-electron chi connectivity index (χ1n) is 4.10. The van der Waals surface area contributed by atoms with Crippen molar-refractivity contribution in [2.45, 2.75) is 6.92 Å². The van der Waals surface area contributed by atoms with E-state index >= 15 is 0 Å². The van der Waals surface area contributed by atoms with E-state index in [-0.39, 0.29) is 5.78 Å². The van der Waals surface area contributed by atoms with Gasteiger partial charge in [-0.05, 0) is 0 Å². The second kappa shape index (κ2) is 3.06. The second-order valence-corrected chi connectivity index (χ2v) is 2.95. The molecule has 0 radical (unpaired) electrons. The number of carbonyl (C=O) groups excluding carboxylic acids is 1. The minimum absolute atomic E-state index is 0.104. The van der Waals surface area contributed by atoms with Crippen LogP contribution in [0.1, 0.15) is 17.4 Å². The zero-order chi connectivity index (χ0) is 10.1. The highest BCUT2D eigenvalue weighted by Gasteiger charge is 2.07. The molecular weight excluding hydrogens is 182 g/mol. The van der Waals surface area contributed by atoms with Crippen LogP contribution in [0.15, 0.2) is 18.5 Å². The van der Waals surface area contributed by atoms with Crippen molar-refractivity contribution in [3.8, 4) is 5.82 Å². The summed E-state index contributed by atoms with van der Waals surface area (Å²) in [5.41, 5.74) is 0.343. The first-order valence-corrected chi connectivity index (χ1v) is 4.10. The molecule has 0 saturated heterocycles. The maximum atomic E-state index is 11.0. The van der Waals surface area contributed by atoms with Crippen LogP contribution in [0.4, 0.5) is 0 Å². The molecule has 6 nitrogen and oxygen atoms in total. The molecular formula is C8H9N5O. The fourth-order valence-corrected chi connectivity index (χ4v) is 1.06. The van der Waals surface area contributed by atoms with Crippen LogP contribution in [0.5, 0.6) is 0 Å². The Morgan fingerprint density at radius 1 is 1.50 bits per heavy atom. The molecule has 2 aromatic heterocycles. The monoisotopic (exact) mass is 191 g/mol. The summed E-state index contributed by atoms with van der Waals surface area (Å²) in [6.07, 6.45) is 3.36. The van der Waals surface area contributed by atoms with Crippen LogP contribution in [0.3, 0.4) is 0 Å². The van der Waals surface area contributed by atoms with Crippen LogP contribution in [0, 0.1) is 0 Å². The lowest BCUT2D eigenvalue weighted by Gasteiger charge is -1.90. The molecule has 0 atom stereocenters. The summed E-state index contributed by atoms with van der Waals surface area (Å²) in [6, 6.07) is 1.79. The van der Waals surface area contributed by atoms with Gasteiger partial charge >= 0.3 is 0 Å². The standard InChI is InChI=1S/C8H9N5O/c1-6(14)7-5-13(11-9-7)8-3-4-12(2)10-8/h3-5H,1-2H3. The van der Waals surface area contributed by atoms with E-state index in [2.05, 4.69) is 15.4 Å². The van der Waals surface area contributed by atoms with Crippen molar-refractivity contribution in [2.24, 2.45) is 7.05 Å². The normalized spacial score (nSPS) is 10.4. The highest BCUT2D eigenvalue weighted by atomic mass is 16.1. The molecule has 2 rings (SSSR count). The Bertz CT molecular complexity index is 470. The summed E-state index contributed by atoms with van der Waals surface area (Å²) in [5.74, 6) is 0.541. The van der Waals surface area contributed by atoms with Gasteiger partial charge < -0.3 is 0 Å². The third kappa shape index (κ3) is 1.41. The van der Waals surface area contributed by atoms with Crippen LogP contribution in [0.25, 0.3) is 5.82 Å². The highest BCUT2D eigenvalue weighted by Crippen LogP contribution is 2.02. The van der Waals surface area contributed by atoms with E-state index in [1.807, 2.05) is 7.05 Å². The Kier molecular flexibility index (Phi) is 1.88. The number of hydrogen-bond donors (Lipinski definition) is 0. The molecule has 0 aromatic carbocycles. The van der Waals surface area contributed by atoms with E-state index in [4.69, 9.17) is 0 Å². The zero-order valence-electron chi connectivity index (χ0n) is 7.88. The van der Waals surface area contributed by atoms with Crippen molar-refractivity contribution in [1.29, 1.82) is 0 Å². The number of rotatable bonds is 2. The molecule has 0 aliphatic heterocycles. The van der Waals surface area contributed by atoms with Crippen molar-refractivity contribution in [2.75, 3.05) is 0 Å². The van der Waals surface area contributed by atoms with Gasteiger partial charge in [-0.15, -0.1) is 5.10 Å². The van der Waals surface area contributed by atoms with E-state index in [9.17, 15) is 4.79 Å². The van der Waals surface area contributed by atoms with E-state index < -0.39 is 0 Å². The van der Waals surface area contributed by atoms with Crippen molar-refractivity contribution in [3.63, 3.8) is 0 Å². The predicted octanol–water partition coefficient (Wildman–Crippen LogP) is 0.203. The fraction of sp³-hybridized carbons (Fsp3) is 0.250. The SMILES string of the molecule is CC(=O)c1cn(-c2ccn(C)n2)nn1. The number of aryl methyl sites for hydroxylation is 1. The first-order chi connectivity index (χ1) is 6.66. The Balaban J connectivity index is 2.38. The van der Waals surface area contributed by atoms with Crippen molar-refractivity contribution >= 4 is 5.78 Å². The minimum atomic E-state index is -0.104. The molecule has 0 bridgehead atoms. The number of ketones is 1. The minimum Gasteiger partial charge on any atom is -0.293 e. The highest BCUT2D eigenvalue weighted by molar-refractivity contribution is 5.91. The summed E-state index contributed by atoms with van der Waals surface area (Å²) in [5, 5.41) is 11.6. The molecule has 0 saturated carbocycles. The van der Waals surface area contributed by atoms with Crippen LogP contribution in [-0.2, 0) is 7.05 Å². The van der Waals surface area contributed by atoms with Gasteiger partial charge in [0, 0.05) is 26.2 Å². The Hall–Kier alpha value is -1.98. The lowest BCUT2D eigenvalue weighted by molar-refractivity contribution is 0.101. The van der Waals surface area contributed by atoms with Gasteiger partial charge in [-0.1, -0.05) is 5.21 Å². The maximum Gasteiger partial charge on any atom is 0.181 e. The van der Waals surface area contributed by atoms with Gasteiger partial charge in [0.25, 0.3) is 0 Å². The Morgan fingerprint density at radius 3 is 2.79 bits per heavy atom. The summed E-state index contributed by atoms with van der Waals surface area (Å²) in [7, 11) is 1.81. The summed E-state index contributed by atoms with van der Waals surface area (Å²) in [4.78, 5) is 11.0. The topological polar surface area (TPSA) is 65.6 Å². The van der Waals surface area contributed by atoms with Gasteiger partial charge in [0.05, 0.1) is 6.20 Å².